The van der Waals surface area contributed by atoms with Crippen LogP contribution in [-0.4, -0.2) is 20.3 Å². The molecule has 2 rings (SSSR count). The number of hydrogen-bond acceptors (Lipinski definition) is 2. The quantitative estimate of drug-likeness (QED) is 0.872. The molecular weight excluding hydrogens is 217 g/mol. The number of hydrogen-bond donors (Lipinski definition) is 1. The normalized spacial score (nSPS) is 19.2. The molecule has 1 fully saturated rings. The Balaban J connectivity index is 2.24. The molecule has 0 radical (unpaired) electrons. The third-order valence-corrected chi connectivity index (χ3v) is 3.61. The Morgan fingerprint density at radius 2 is 2.06 bits per heavy atom. The summed E-state index contributed by atoms with van der Waals surface area (Å²) < 4.78 is 19.5. The molecule has 2 nitrogen and oxygen atoms in total. The van der Waals surface area contributed by atoms with Crippen molar-refractivity contribution in [3.63, 3.8) is 0 Å². The molecule has 94 valence electrons. The van der Waals surface area contributed by atoms with Crippen molar-refractivity contribution in [2.45, 2.75) is 25.8 Å². The van der Waals surface area contributed by atoms with Gasteiger partial charge in [-0.1, -0.05) is 18.2 Å². The van der Waals surface area contributed by atoms with Gasteiger partial charge in [0.05, 0.1) is 0 Å². The second-order valence-electron chi connectivity index (χ2n) is 4.69. The zero-order valence-corrected chi connectivity index (χ0v) is 10.5. The van der Waals surface area contributed by atoms with Crippen LogP contribution in [0.1, 0.15) is 30.0 Å². The summed E-state index contributed by atoms with van der Waals surface area (Å²) >= 11 is 0. The summed E-state index contributed by atoms with van der Waals surface area (Å²) in [7, 11) is 1.90. The van der Waals surface area contributed by atoms with Gasteiger partial charge in [0.2, 0.25) is 0 Å². The predicted octanol–water partition coefficient (Wildman–Crippen LogP) is 2.82. The average molecular weight is 237 g/mol. The average Bonchev–Trinajstić information content (AvgIpc) is 2.37. The van der Waals surface area contributed by atoms with Crippen molar-refractivity contribution in [2.75, 3.05) is 20.3 Å². The van der Waals surface area contributed by atoms with E-state index in [9.17, 15) is 4.39 Å². The molecule has 1 atom stereocenters. The Kier molecular flexibility index (Phi) is 4.13. The van der Waals surface area contributed by atoms with Crippen molar-refractivity contribution in [1.29, 1.82) is 0 Å². The van der Waals surface area contributed by atoms with Gasteiger partial charge in [0.25, 0.3) is 0 Å². The fourth-order valence-corrected chi connectivity index (χ4v) is 2.60. The second-order valence-corrected chi connectivity index (χ2v) is 4.69. The third kappa shape index (κ3) is 2.67. The van der Waals surface area contributed by atoms with E-state index >= 15 is 0 Å². The monoisotopic (exact) mass is 237 g/mol. The number of halogens is 1. The zero-order chi connectivity index (χ0) is 12.3. The first kappa shape index (κ1) is 12.5. The molecular formula is C14H20FNO. The Morgan fingerprint density at radius 3 is 2.71 bits per heavy atom. The van der Waals surface area contributed by atoms with Gasteiger partial charge in [0.15, 0.2) is 0 Å². The van der Waals surface area contributed by atoms with Gasteiger partial charge >= 0.3 is 0 Å². The Hall–Kier alpha value is -0.930. The van der Waals surface area contributed by atoms with Gasteiger partial charge in [-0.3, -0.25) is 0 Å². The summed E-state index contributed by atoms with van der Waals surface area (Å²) in [4.78, 5) is 0. The van der Waals surface area contributed by atoms with Gasteiger partial charge in [0, 0.05) is 24.8 Å². The van der Waals surface area contributed by atoms with Crippen molar-refractivity contribution in [1.82, 2.24) is 5.32 Å². The minimum atomic E-state index is -0.0710. The van der Waals surface area contributed by atoms with Crippen LogP contribution in [-0.2, 0) is 4.74 Å². The molecule has 1 aliphatic rings. The number of benzene rings is 1. The molecule has 1 aromatic rings. The summed E-state index contributed by atoms with van der Waals surface area (Å²) in [5.74, 6) is 0.392. The van der Waals surface area contributed by atoms with Crippen LogP contribution in [0.5, 0.6) is 0 Å². The molecule has 0 spiro atoms. The Bertz CT molecular complexity index is 374. The third-order valence-electron chi connectivity index (χ3n) is 3.61. The molecule has 1 unspecified atom stereocenters. The standard InChI is InChI=1S/C14H20FNO/c1-10-4-3-5-12(13(10)15)14(16-2)11-6-8-17-9-7-11/h3-5,11,14,16H,6-9H2,1-2H3. The maximum Gasteiger partial charge on any atom is 0.130 e. The summed E-state index contributed by atoms with van der Waals surface area (Å²) in [5, 5.41) is 3.26. The fraction of sp³-hybridized carbons (Fsp3) is 0.571. The van der Waals surface area contributed by atoms with E-state index in [0.717, 1.165) is 37.2 Å². The minimum Gasteiger partial charge on any atom is -0.381 e. The van der Waals surface area contributed by atoms with Crippen LogP contribution in [0.3, 0.4) is 0 Å². The smallest absolute Gasteiger partial charge is 0.130 e. The molecule has 3 heteroatoms. The first-order valence-electron chi connectivity index (χ1n) is 6.24. The number of aryl methyl sites for hydroxylation is 1. The molecule has 0 bridgehead atoms. The van der Waals surface area contributed by atoms with Gasteiger partial charge < -0.3 is 10.1 Å². The lowest BCUT2D eigenvalue weighted by atomic mass is 9.86. The van der Waals surface area contributed by atoms with Crippen LogP contribution in [0.25, 0.3) is 0 Å². The molecule has 1 heterocycles. The van der Waals surface area contributed by atoms with E-state index in [2.05, 4.69) is 5.32 Å². The molecule has 1 N–H and O–H groups in total. The van der Waals surface area contributed by atoms with Crippen LogP contribution in [0.2, 0.25) is 0 Å². The van der Waals surface area contributed by atoms with Crippen LogP contribution in [0.4, 0.5) is 4.39 Å². The van der Waals surface area contributed by atoms with E-state index < -0.39 is 0 Å². The largest absolute Gasteiger partial charge is 0.381 e. The lowest BCUT2D eigenvalue weighted by Crippen LogP contribution is -2.30. The van der Waals surface area contributed by atoms with Crippen molar-refractivity contribution in [3.8, 4) is 0 Å². The van der Waals surface area contributed by atoms with Gasteiger partial charge in [0.1, 0.15) is 5.82 Å². The van der Waals surface area contributed by atoms with E-state index in [0.29, 0.717) is 5.92 Å². The van der Waals surface area contributed by atoms with Gasteiger partial charge in [-0.15, -0.1) is 0 Å². The van der Waals surface area contributed by atoms with Crippen molar-refractivity contribution in [3.05, 3.63) is 35.1 Å². The highest BCUT2D eigenvalue weighted by Crippen LogP contribution is 2.31. The second kappa shape index (κ2) is 5.61. The summed E-state index contributed by atoms with van der Waals surface area (Å²) in [6, 6.07) is 5.73. The molecule has 0 amide bonds. The predicted molar refractivity (Wildman–Crippen MR) is 66.5 cm³/mol. The van der Waals surface area contributed by atoms with E-state index in [4.69, 9.17) is 4.74 Å². The zero-order valence-electron chi connectivity index (χ0n) is 10.5. The van der Waals surface area contributed by atoms with E-state index in [1.54, 1.807) is 0 Å². The van der Waals surface area contributed by atoms with Crippen molar-refractivity contribution < 1.29 is 9.13 Å². The van der Waals surface area contributed by atoms with Gasteiger partial charge in [-0.25, -0.2) is 4.39 Å². The van der Waals surface area contributed by atoms with Crippen LogP contribution < -0.4 is 5.32 Å². The molecule has 0 saturated carbocycles. The molecule has 1 saturated heterocycles. The van der Waals surface area contributed by atoms with E-state index in [-0.39, 0.29) is 11.9 Å². The first-order valence-corrected chi connectivity index (χ1v) is 6.24. The van der Waals surface area contributed by atoms with Gasteiger partial charge in [-0.05, 0) is 38.3 Å². The highest BCUT2D eigenvalue weighted by Gasteiger charge is 2.26. The Labute approximate surface area is 102 Å². The first-order chi connectivity index (χ1) is 8.24. The number of nitrogens with one attached hydrogen (secondary N) is 1. The van der Waals surface area contributed by atoms with E-state index in [1.165, 1.54) is 0 Å². The lowest BCUT2D eigenvalue weighted by Gasteiger charge is -2.30. The van der Waals surface area contributed by atoms with E-state index in [1.807, 2.05) is 32.2 Å². The highest BCUT2D eigenvalue weighted by atomic mass is 19.1. The molecule has 0 aliphatic carbocycles. The number of ether oxygens (including phenoxy) is 1. The summed E-state index contributed by atoms with van der Waals surface area (Å²) in [5.41, 5.74) is 1.51. The maximum atomic E-state index is 14.1. The summed E-state index contributed by atoms with van der Waals surface area (Å²) in [6.07, 6.45) is 2.00. The lowest BCUT2D eigenvalue weighted by molar-refractivity contribution is 0.0541. The topological polar surface area (TPSA) is 21.3 Å². The van der Waals surface area contributed by atoms with Crippen molar-refractivity contribution in [2.24, 2.45) is 5.92 Å². The molecule has 0 aromatic heterocycles. The Morgan fingerprint density at radius 1 is 1.35 bits per heavy atom. The van der Waals surface area contributed by atoms with Crippen molar-refractivity contribution >= 4 is 0 Å². The SMILES string of the molecule is CNC(c1cccc(C)c1F)C1CCOCC1. The minimum absolute atomic E-state index is 0.0710. The molecule has 1 aliphatic heterocycles. The summed E-state index contributed by atoms with van der Waals surface area (Å²) in [6.45, 7) is 3.39. The molecule has 1 aromatic carbocycles. The van der Waals surface area contributed by atoms with Crippen LogP contribution in [0, 0.1) is 18.7 Å². The fourth-order valence-electron chi connectivity index (χ4n) is 2.60. The van der Waals surface area contributed by atoms with Crippen LogP contribution in [0.15, 0.2) is 18.2 Å². The number of rotatable bonds is 3. The van der Waals surface area contributed by atoms with Gasteiger partial charge in [-0.2, -0.15) is 0 Å². The van der Waals surface area contributed by atoms with Crippen LogP contribution >= 0.6 is 0 Å². The highest BCUT2D eigenvalue weighted by molar-refractivity contribution is 5.28. The maximum absolute atomic E-state index is 14.1. The molecule has 17 heavy (non-hydrogen) atoms.